The summed E-state index contributed by atoms with van der Waals surface area (Å²) in [4.78, 5) is 31.7. The zero-order valence-electron chi connectivity index (χ0n) is 18.0. The van der Waals surface area contributed by atoms with Gasteiger partial charge in [0.2, 0.25) is 11.8 Å². The summed E-state index contributed by atoms with van der Waals surface area (Å²) in [6.45, 7) is 6.24. The average Bonchev–Trinajstić information content (AvgIpc) is 3.38. The van der Waals surface area contributed by atoms with Crippen LogP contribution in [0.15, 0.2) is 17.1 Å². The fourth-order valence-electron chi connectivity index (χ4n) is 5.64. The average molecular weight is 530 g/mol. The second-order valence-electron chi connectivity index (χ2n) is 9.37. The van der Waals surface area contributed by atoms with Gasteiger partial charge < -0.3 is 15.7 Å². The lowest BCUT2D eigenvalue weighted by atomic mass is 9.73. The van der Waals surface area contributed by atoms with Crippen LogP contribution >= 0.6 is 24.0 Å². The SMILES string of the molecule is CCNC(=NCC1(C)CCCCC1O)NCCN1C(=O)C2C3C=CC(C3)C2C1=O.I. The summed E-state index contributed by atoms with van der Waals surface area (Å²) in [5.74, 6) is 0.908. The highest BCUT2D eigenvalue weighted by Gasteiger charge is 2.58. The molecule has 0 aromatic heterocycles. The van der Waals surface area contributed by atoms with Crippen LogP contribution in [0.5, 0.6) is 0 Å². The Kier molecular flexibility index (Phi) is 7.48. The summed E-state index contributed by atoms with van der Waals surface area (Å²) in [6, 6.07) is 0. The molecule has 7 nitrogen and oxygen atoms in total. The van der Waals surface area contributed by atoms with Gasteiger partial charge in [0.25, 0.3) is 0 Å². The van der Waals surface area contributed by atoms with E-state index in [1.165, 1.54) is 4.90 Å². The number of carbonyl (C=O) groups is 2. The van der Waals surface area contributed by atoms with Crippen molar-refractivity contribution in [2.45, 2.75) is 52.1 Å². The number of nitrogens with zero attached hydrogens (tertiary/aromatic N) is 2. The maximum atomic E-state index is 12.8. The highest BCUT2D eigenvalue weighted by atomic mass is 127. The number of imide groups is 1. The van der Waals surface area contributed by atoms with Crippen LogP contribution in [-0.2, 0) is 9.59 Å². The standard InChI is InChI=1S/C22H34N4O3.HI/c1-3-23-21(25-13-22(2)9-5-4-6-16(22)27)24-10-11-26-19(28)17-14-7-8-15(12-14)18(17)20(26)29;/h7-8,14-18,27H,3-6,9-13H2,1-2H3,(H2,23,24,25);1H. The number of fused-ring (bicyclic) bond motifs is 5. The third-order valence-corrected chi connectivity index (χ3v) is 7.41. The van der Waals surface area contributed by atoms with Crippen molar-refractivity contribution >= 4 is 41.8 Å². The van der Waals surface area contributed by atoms with Gasteiger partial charge in [-0.3, -0.25) is 19.5 Å². The van der Waals surface area contributed by atoms with Crippen molar-refractivity contribution < 1.29 is 14.7 Å². The van der Waals surface area contributed by atoms with Gasteiger partial charge >= 0.3 is 0 Å². The van der Waals surface area contributed by atoms with E-state index in [4.69, 9.17) is 0 Å². The molecule has 2 amide bonds. The number of guanidine groups is 1. The molecule has 4 aliphatic rings. The number of nitrogens with one attached hydrogen (secondary N) is 2. The maximum Gasteiger partial charge on any atom is 0.233 e. The Hall–Kier alpha value is -1.16. The van der Waals surface area contributed by atoms with Gasteiger partial charge in [-0.05, 0) is 38.0 Å². The van der Waals surface area contributed by atoms with E-state index < -0.39 is 0 Å². The van der Waals surface area contributed by atoms with E-state index >= 15 is 0 Å². The third-order valence-electron chi connectivity index (χ3n) is 7.41. The molecule has 168 valence electrons. The van der Waals surface area contributed by atoms with E-state index in [0.717, 1.165) is 38.6 Å². The number of aliphatic imine (C=N–C) groups is 1. The van der Waals surface area contributed by atoms with Crippen LogP contribution in [0.2, 0.25) is 0 Å². The minimum atomic E-state index is -0.314. The first-order chi connectivity index (χ1) is 13.9. The number of hydrogen-bond acceptors (Lipinski definition) is 4. The molecule has 2 bridgehead atoms. The van der Waals surface area contributed by atoms with Crippen LogP contribution in [0, 0.1) is 29.1 Å². The summed E-state index contributed by atoms with van der Waals surface area (Å²) >= 11 is 0. The monoisotopic (exact) mass is 530 g/mol. The fourth-order valence-corrected chi connectivity index (χ4v) is 5.64. The number of rotatable bonds is 6. The lowest BCUT2D eigenvalue weighted by Gasteiger charge is -2.37. The Morgan fingerprint density at radius 3 is 2.47 bits per heavy atom. The second kappa shape index (κ2) is 9.54. The second-order valence-corrected chi connectivity index (χ2v) is 9.37. The van der Waals surface area contributed by atoms with Crippen LogP contribution in [0.25, 0.3) is 0 Å². The minimum Gasteiger partial charge on any atom is -0.392 e. The molecule has 3 N–H and O–H groups in total. The first-order valence-electron chi connectivity index (χ1n) is 11.2. The molecule has 6 atom stereocenters. The molecule has 3 fully saturated rings. The molecule has 0 radical (unpaired) electrons. The van der Waals surface area contributed by atoms with Crippen molar-refractivity contribution in [3.8, 4) is 0 Å². The van der Waals surface area contributed by atoms with E-state index in [2.05, 4.69) is 34.7 Å². The summed E-state index contributed by atoms with van der Waals surface area (Å²) in [5.41, 5.74) is -0.189. The van der Waals surface area contributed by atoms with Gasteiger partial charge in [0.15, 0.2) is 5.96 Å². The Morgan fingerprint density at radius 2 is 1.87 bits per heavy atom. The number of carbonyl (C=O) groups excluding carboxylic acids is 2. The molecule has 1 aliphatic heterocycles. The molecule has 3 aliphatic carbocycles. The van der Waals surface area contributed by atoms with Crippen LogP contribution in [-0.4, -0.2) is 60.1 Å². The number of aliphatic hydroxyl groups excluding tert-OH is 1. The van der Waals surface area contributed by atoms with Gasteiger partial charge in [-0.1, -0.05) is 31.9 Å². The normalized spacial score (nSPS) is 37.4. The molecular weight excluding hydrogens is 495 g/mol. The van der Waals surface area contributed by atoms with E-state index in [1.54, 1.807) is 0 Å². The number of amides is 2. The minimum absolute atomic E-state index is 0. The number of aliphatic hydroxyl groups is 1. The van der Waals surface area contributed by atoms with Gasteiger partial charge in [0.1, 0.15) is 0 Å². The van der Waals surface area contributed by atoms with Crippen molar-refractivity contribution in [1.29, 1.82) is 0 Å². The van der Waals surface area contributed by atoms with Gasteiger partial charge in [0.05, 0.1) is 24.5 Å². The molecule has 0 spiro atoms. The van der Waals surface area contributed by atoms with Crippen LogP contribution in [0.3, 0.4) is 0 Å². The first-order valence-corrected chi connectivity index (χ1v) is 11.2. The molecule has 30 heavy (non-hydrogen) atoms. The van der Waals surface area contributed by atoms with Crippen molar-refractivity contribution in [3.63, 3.8) is 0 Å². The van der Waals surface area contributed by atoms with Crippen LogP contribution < -0.4 is 10.6 Å². The molecule has 0 aromatic rings. The number of likely N-dealkylation sites (tertiary alicyclic amines) is 1. The van der Waals surface area contributed by atoms with Gasteiger partial charge in [0, 0.05) is 25.0 Å². The number of halogens is 1. The van der Waals surface area contributed by atoms with Crippen molar-refractivity contribution in [3.05, 3.63) is 12.2 Å². The Morgan fingerprint density at radius 1 is 1.20 bits per heavy atom. The predicted octanol–water partition coefficient (Wildman–Crippen LogP) is 1.91. The lowest BCUT2D eigenvalue weighted by Crippen LogP contribution is -2.45. The number of hydrogen-bond donors (Lipinski definition) is 3. The summed E-state index contributed by atoms with van der Waals surface area (Å²) < 4.78 is 0. The molecule has 8 heteroatoms. The third kappa shape index (κ3) is 4.26. The topological polar surface area (TPSA) is 94.0 Å². The van der Waals surface area contributed by atoms with E-state index in [1.807, 2.05) is 6.92 Å². The van der Waals surface area contributed by atoms with Gasteiger partial charge in [-0.25, -0.2) is 0 Å². The highest BCUT2D eigenvalue weighted by molar-refractivity contribution is 14.0. The van der Waals surface area contributed by atoms with Gasteiger partial charge in [-0.15, -0.1) is 24.0 Å². The van der Waals surface area contributed by atoms with E-state index in [9.17, 15) is 14.7 Å². The summed E-state index contributed by atoms with van der Waals surface area (Å²) in [7, 11) is 0. The van der Waals surface area contributed by atoms with E-state index in [-0.39, 0.29) is 71.0 Å². The van der Waals surface area contributed by atoms with Crippen molar-refractivity contribution in [2.75, 3.05) is 26.2 Å². The molecule has 4 rings (SSSR count). The quantitative estimate of drug-likeness (QED) is 0.161. The van der Waals surface area contributed by atoms with Crippen molar-refractivity contribution in [1.82, 2.24) is 15.5 Å². The maximum absolute atomic E-state index is 12.8. The molecule has 6 unspecified atom stereocenters. The molecule has 1 heterocycles. The smallest absolute Gasteiger partial charge is 0.233 e. The van der Waals surface area contributed by atoms with Crippen molar-refractivity contribution in [2.24, 2.45) is 34.1 Å². The summed E-state index contributed by atoms with van der Waals surface area (Å²) in [6.07, 6.45) is 8.92. The van der Waals surface area contributed by atoms with Crippen LogP contribution in [0.1, 0.15) is 46.0 Å². The largest absolute Gasteiger partial charge is 0.392 e. The molecular formula is C22H35IN4O3. The number of allylic oxidation sites excluding steroid dienone is 2. The zero-order valence-corrected chi connectivity index (χ0v) is 20.3. The molecule has 0 aromatic carbocycles. The summed E-state index contributed by atoms with van der Waals surface area (Å²) in [5, 5.41) is 16.9. The van der Waals surface area contributed by atoms with E-state index in [0.29, 0.717) is 25.6 Å². The fraction of sp³-hybridized carbons (Fsp3) is 0.773. The lowest BCUT2D eigenvalue weighted by molar-refractivity contribution is -0.140. The molecule has 1 saturated heterocycles. The Balaban J connectivity index is 0.00000256. The Bertz CT molecular complexity index is 697. The van der Waals surface area contributed by atoms with Crippen LogP contribution in [0.4, 0.5) is 0 Å². The highest BCUT2D eigenvalue weighted by Crippen LogP contribution is 2.52. The first kappa shape index (κ1) is 23.5. The zero-order chi connectivity index (χ0) is 20.6. The Labute approximate surface area is 196 Å². The predicted molar refractivity (Wildman–Crippen MR) is 126 cm³/mol. The van der Waals surface area contributed by atoms with Gasteiger partial charge in [-0.2, -0.15) is 0 Å². The molecule has 2 saturated carbocycles.